The molecule has 1 aromatic carbocycles. The molecule has 92 valence electrons. The van der Waals surface area contributed by atoms with Gasteiger partial charge in [-0.05, 0) is 17.7 Å². The van der Waals surface area contributed by atoms with Crippen LogP contribution in [0.5, 0.6) is 0 Å². The molecule has 0 aromatic heterocycles. The van der Waals surface area contributed by atoms with E-state index in [1.54, 1.807) is 6.07 Å². The Balaban J connectivity index is 2.02. The second-order valence-corrected chi connectivity index (χ2v) is 5.14. The Bertz CT molecular complexity index is 416. The van der Waals surface area contributed by atoms with Crippen molar-refractivity contribution in [2.45, 2.75) is 12.5 Å². The van der Waals surface area contributed by atoms with Gasteiger partial charge in [-0.25, -0.2) is 0 Å². The molecule has 17 heavy (non-hydrogen) atoms. The lowest BCUT2D eigenvalue weighted by Crippen LogP contribution is -2.36. The van der Waals surface area contributed by atoms with Gasteiger partial charge in [-0.3, -0.25) is 4.79 Å². The zero-order valence-corrected chi connectivity index (χ0v) is 11.5. The number of carbonyl (C=O) groups excluding carboxylic acids is 1. The quantitative estimate of drug-likeness (QED) is 0.859. The van der Waals surface area contributed by atoms with Crippen molar-refractivity contribution in [1.29, 1.82) is 0 Å². The number of ketones is 1. The molecule has 1 heterocycles. The summed E-state index contributed by atoms with van der Waals surface area (Å²) >= 11 is 9.38. The number of rotatable bonds is 3. The van der Waals surface area contributed by atoms with Crippen LogP contribution in [0.25, 0.3) is 0 Å². The monoisotopic (exact) mass is 318 g/mol. The summed E-state index contributed by atoms with van der Waals surface area (Å²) in [6.07, 6.45) is -0.177. The molecule has 0 spiro atoms. The lowest BCUT2D eigenvalue weighted by Gasteiger charge is -2.21. The summed E-state index contributed by atoms with van der Waals surface area (Å²) in [5.74, 6) is 0.00826. The van der Waals surface area contributed by atoms with Gasteiger partial charge in [0, 0.05) is 15.9 Å². The third-order valence-corrected chi connectivity index (χ3v) is 3.40. The summed E-state index contributed by atoms with van der Waals surface area (Å²) in [5.41, 5.74) is 0.814. The van der Waals surface area contributed by atoms with Gasteiger partial charge in [0.25, 0.3) is 0 Å². The molecule has 0 bridgehead atoms. The Morgan fingerprint density at radius 2 is 2.29 bits per heavy atom. The topological polar surface area (TPSA) is 35.5 Å². The Kier molecular flexibility index (Phi) is 4.56. The van der Waals surface area contributed by atoms with Crippen LogP contribution in [0.2, 0.25) is 5.02 Å². The molecular weight excluding hydrogens is 307 g/mol. The van der Waals surface area contributed by atoms with Crippen LogP contribution in [0.3, 0.4) is 0 Å². The van der Waals surface area contributed by atoms with Gasteiger partial charge in [0.1, 0.15) is 6.10 Å². The molecule has 0 radical (unpaired) electrons. The van der Waals surface area contributed by atoms with Crippen LogP contribution in [0.15, 0.2) is 22.7 Å². The van der Waals surface area contributed by atoms with E-state index in [9.17, 15) is 4.79 Å². The number of halogens is 2. The molecule has 1 saturated heterocycles. The number of carbonyl (C=O) groups is 1. The van der Waals surface area contributed by atoms with Crippen LogP contribution in [0.1, 0.15) is 5.56 Å². The maximum absolute atomic E-state index is 11.9. The molecule has 1 unspecified atom stereocenters. The first-order valence-corrected chi connectivity index (χ1v) is 6.50. The molecule has 2 rings (SSSR count). The van der Waals surface area contributed by atoms with Crippen molar-refractivity contribution >= 4 is 33.3 Å². The van der Waals surface area contributed by atoms with E-state index in [0.29, 0.717) is 24.8 Å². The fourth-order valence-corrected chi connectivity index (χ4v) is 2.38. The summed E-state index contributed by atoms with van der Waals surface area (Å²) in [6, 6.07) is 5.49. The highest BCUT2D eigenvalue weighted by molar-refractivity contribution is 9.10. The second kappa shape index (κ2) is 5.96. The van der Waals surface area contributed by atoms with Crippen molar-refractivity contribution in [1.82, 2.24) is 0 Å². The van der Waals surface area contributed by atoms with Crippen LogP contribution < -0.4 is 0 Å². The first-order valence-electron chi connectivity index (χ1n) is 5.33. The smallest absolute Gasteiger partial charge is 0.168 e. The lowest BCUT2D eigenvalue weighted by molar-refractivity contribution is -0.144. The molecule has 0 amide bonds. The van der Waals surface area contributed by atoms with Gasteiger partial charge >= 0.3 is 0 Å². The van der Waals surface area contributed by atoms with Crippen molar-refractivity contribution in [2.24, 2.45) is 0 Å². The van der Waals surface area contributed by atoms with Gasteiger partial charge in [-0.1, -0.05) is 33.6 Å². The van der Waals surface area contributed by atoms with Crippen molar-refractivity contribution in [2.75, 3.05) is 19.8 Å². The Labute approximate surface area is 113 Å². The molecule has 1 aliphatic heterocycles. The average molecular weight is 320 g/mol. The maximum atomic E-state index is 11.9. The average Bonchev–Trinajstić information content (AvgIpc) is 2.34. The fourth-order valence-electron chi connectivity index (χ4n) is 1.64. The predicted molar refractivity (Wildman–Crippen MR) is 68.4 cm³/mol. The zero-order valence-electron chi connectivity index (χ0n) is 9.12. The van der Waals surface area contributed by atoms with E-state index in [1.165, 1.54) is 0 Å². The number of hydrogen-bond acceptors (Lipinski definition) is 3. The van der Waals surface area contributed by atoms with Crippen LogP contribution in [-0.4, -0.2) is 31.7 Å². The molecule has 0 N–H and O–H groups in total. The van der Waals surface area contributed by atoms with Crippen molar-refractivity contribution in [3.05, 3.63) is 33.3 Å². The second-order valence-electron chi connectivity index (χ2n) is 3.81. The molecule has 1 fully saturated rings. The summed E-state index contributed by atoms with van der Waals surface area (Å²) in [6.45, 7) is 1.38. The molecule has 0 saturated carbocycles. The fraction of sp³-hybridized carbons (Fsp3) is 0.417. The SMILES string of the molecule is O=C(Cc1ccc(Br)cc1Cl)C1COCCO1. The van der Waals surface area contributed by atoms with Gasteiger partial charge < -0.3 is 9.47 Å². The first-order chi connectivity index (χ1) is 8.16. The van der Waals surface area contributed by atoms with Crippen molar-refractivity contribution < 1.29 is 14.3 Å². The summed E-state index contributed by atoms with van der Waals surface area (Å²) < 4.78 is 11.5. The minimum Gasteiger partial charge on any atom is -0.376 e. The third-order valence-electron chi connectivity index (χ3n) is 2.55. The molecule has 5 heteroatoms. The van der Waals surface area contributed by atoms with E-state index in [4.69, 9.17) is 21.1 Å². The number of ether oxygens (including phenoxy) is 2. The van der Waals surface area contributed by atoms with E-state index in [1.807, 2.05) is 12.1 Å². The number of benzene rings is 1. The maximum Gasteiger partial charge on any atom is 0.168 e. The molecule has 3 nitrogen and oxygen atoms in total. The normalized spacial score (nSPS) is 20.2. The summed E-state index contributed by atoms with van der Waals surface area (Å²) in [7, 11) is 0. The number of Topliss-reactive ketones (excluding diaryl/α,β-unsaturated/α-hetero) is 1. The van der Waals surface area contributed by atoms with Crippen LogP contribution in [-0.2, 0) is 20.7 Å². The molecule has 1 aromatic rings. The van der Waals surface area contributed by atoms with Crippen LogP contribution in [0, 0.1) is 0 Å². The van der Waals surface area contributed by atoms with Crippen molar-refractivity contribution in [3.8, 4) is 0 Å². The van der Waals surface area contributed by atoms with Crippen LogP contribution in [0.4, 0.5) is 0 Å². The third kappa shape index (κ3) is 3.52. The molecular formula is C12H12BrClO3. The Morgan fingerprint density at radius 1 is 1.47 bits per heavy atom. The Morgan fingerprint density at radius 3 is 2.94 bits per heavy atom. The van der Waals surface area contributed by atoms with Gasteiger partial charge in [0.05, 0.1) is 19.8 Å². The van der Waals surface area contributed by atoms with E-state index in [0.717, 1.165) is 10.0 Å². The highest BCUT2D eigenvalue weighted by Gasteiger charge is 2.23. The molecule has 0 aliphatic carbocycles. The van der Waals surface area contributed by atoms with Crippen LogP contribution >= 0.6 is 27.5 Å². The highest BCUT2D eigenvalue weighted by Crippen LogP contribution is 2.22. The van der Waals surface area contributed by atoms with E-state index in [-0.39, 0.29) is 12.2 Å². The van der Waals surface area contributed by atoms with E-state index < -0.39 is 6.10 Å². The lowest BCUT2D eigenvalue weighted by atomic mass is 10.1. The predicted octanol–water partition coefficient (Wildman–Crippen LogP) is 2.63. The largest absolute Gasteiger partial charge is 0.376 e. The number of hydrogen-bond donors (Lipinski definition) is 0. The first kappa shape index (κ1) is 13.0. The molecule has 1 aliphatic rings. The Hall–Kier alpha value is -0.420. The van der Waals surface area contributed by atoms with Crippen molar-refractivity contribution in [3.63, 3.8) is 0 Å². The van der Waals surface area contributed by atoms with Gasteiger partial charge in [0.2, 0.25) is 0 Å². The van der Waals surface area contributed by atoms with E-state index >= 15 is 0 Å². The zero-order chi connectivity index (χ0) is 12.3. The standard InChI is InChI=1S/C12H12BrClO3/c13-9-2-1-8(10(14)6-9)5-11(15)12-7-16-3-4-17-12/h1-2,6,12H,3-5,7H2. The molecule has 1 atom stereocenters. The van der Waals surface area contributed by atoms with Gasteiger partial charge in [0.15, 0.2) is 5.78 Å². The minimum atomic E-state index is -0.455. The minimum absolute atomic E-state index is 0.00826. The van der Waals surface area contributed by atoms with E-state index in [2.05, 4.69) is 15.9 Å². The van der Waals surface area contributed by atoms with Gasteiger partial charge in [-0.2, -0.15) is 0 Å². The highest BCUT2D eigenvalue weighted by atomic mass is 79.9. The summed E-state index contributed by atoms with van der Waals surface area (Å²) in [5, 5.41) is 0.587. The summed E-state index contributed by atoms with van der Waals surface area (Å²) in [4.78, 5) is 11.9. The van der Waals surface area contributed by atoms with Gasteiger partial charge in [-0.15, -0.1) is 0 Å².